The maximum absolute atomic E-state index is 12.1. The fourth-order valence-corrected chi connectivity index (χ4v) is 2.01. The van der Waals surface area contributed by atoms with Crippen LogP contribution in [0.1, 0.15) is 23.6 Å². The Balaban J connectivity index is 1.91. The first-order chi connectivity index (χ1) is 9.83. The molecule has 0 bridgehead atoms. The average Bonchev–Trinajstić information content (AvgIpc) is 2.81. The molecule has 7 heteroatoms. The van der Waals surface area contributed by atoms with E-state index in [4.69, 9.17) is 5.73 Å². The third-order valence-corrected chi connectivity index (χ3v) is 3.04. The van der Waals surface area contributed by atoms with Crippen molar-refractivity contribution >= 4 is 0 Å². The summed E-state index contributed by atoms with van der Waals surface area (Å²) >= 11 is 0. The van der Waals surface area contributed by atoms with Crippen LogP contribution in [0.25, 0.3) is 0 Å². The minimum atomic E-state index is -4.68. The van der Waals surface area contributed by atoms with Crippen LogP contribution in [0.3, 0.4) is 0 Å². The number of nitrogens with two attached hydrogens (primary N) is 1. The van der Waals surface area contributed by atoms with E-state index >= 15 is 0 Å². The fourth-order valence-electron chi connectivity index (χ4n) is 2.01. The highest BCUT2D eigenvalue weighted by Gasteiger charge is 2.31. The van der Waals surface area contributed by atoms with Crippen molar-refractivity contribution in [3.8, 4) is 5.75 Å². The van der Waals surface area contributed by atoms with Crippen molar-refractivity contribution in [2.75, 3.05) is 0 Å². The molecule has 21 heavy (non-hydrogen) atoms. The van der Waals surface area contributed by atoms with Crippen LogP contribution in [0.2, 0.25) is 0 Å². The van der Waals surface area contributed by atoms with Crippen LogP contribution >= 0.6 is 0 Å². The molecule has 1 unspecified atom stereocenters. The SMILES string of the molecule is Cn1cc(CCC(N)c2ccc(OC(F)(F)F)cc2)cn1. The molecule has 0 saturated heterocycles. The Hall–Kier alpha value is -2.02. The van der Waals surface area contributed by atoms with Gasteiger partial charge in [-0.25, -0.2) is 0 Å². The molecule has 0 saturated carbocycles. The summed E-state index contributed by atoms with van der Waals surface area (Å²) in [6, 6.07) is 5.40. The Kier molecular flexibility index (Phi) is 4.52. The molecule has 114 valence electrons. The van der Waals surface area contributed by atoms with E-state index in [1.165, 1.54) is 12.1 Å². The van der Waals surface area contributed by atoms with Crippen LogP contribution < -0.4 is 10.5 Å². The van der Waals surface area contributed by atoms with Gasteiger partial charge in [-0.05, 0) is 36.1 Å². The second-order valence-electron chi connectivity index (χ2n) is 4.78. The molecule has 1 atom stereocenters. The summed E-state index contributed by atoms with van der Waals surface area (Å²) in [6.45, 7) is 0. The van der Waals surface area contributed by atoms with Gasteiger partial charge in [0.25, 0.3) is 0 Å². The van der Waals surface area contributed by atoms with Crippen molar-refractivity contribution in [3.05, 3.63) is 47.8 Å². The minimum Gasteiger partial charge on any atom is -0.406 e. The van der Waals surface area contributed by atoms with E-state index in [9.17, 15) is 13.2 Å². The topological polar surface area (TPSA) is 53.1 Å². The predicted molar refractivity (Wildman–Crippen MR) is 71.6 cm³/mol. The lowest BCUT2D eigenvalue weighted by molar-refractivity contribution is -0.274. The number of benzene rings is 1. The lowest BCUT2D eigenvalue weighted by atomic mass is 10.0. The van der Waals surface area contributed by atoms with Crippen molar-refractivity contribution in [3.63, 3.8) is 0 Å². The Bertz CT molecular complexity index is 578. The summed E-state index contributed by atoms with van der Waals surface area (Å²) < 4.78 is 41.7. The number of nitrogens with zero attached hydrogens (tertiary/aromatic N) is 2. The molecule has 2 rings (SSSR count). The van der Waals surface area contributed by atoms with E-state index in [0.717, 1.165) is 17.5 Å². The van der Waals surface area contributed by atoms with Gasteiger partial charge >= 0.3 is 6.36 Å². The largest absolute Gasteiger partial charge is 0.573 e. The van der Waals surface area contributed by atoms with Crippen LogP contribution in [-0.2, 0) is 13.5 Å². The molecule has 1 heterocycles. The van der Waals surface area contributed by atoms with E-state index in [-0.39, 0.29) is 11.8 Å². The third kappa shape index (κ3) is 4.78. The molecule has 1 aromatic carbocycles. The Morgan fingerprint density at radius 1 is 1.29 bits per heavy atom. The van der Waals surface area contributed by atoms with Gasteiger partial charge in [0, 0.05) is 19.3 Å². The summed E-state index contributed by atoms with van der Waals surface area (Å²) in [5.74, 6) is -0.245. The monoisotopic (exact) mass is 299 g/mol. The van der Waals surface area contributed by atoms with Crippen molar-refractivity contribution in [2.24, 2.45) is 12.8 Å². The van der Waals surface area contributed by atoms with E-state index in [0.29, 0.717) is 6.42 Å². The van der Waals surface area contributed by atoms with Gasteiger partial charge in [-0.2, -0.15) is 5.10 Å². The van der Waals surface area contributed by atoms with E-state index in [2.05, 4.69) is 9.84 Å². The molecular weight excluding hydrogens is 283 g/mol. The zero-order chi connectivity index (χ0) is 15.5. The van der Waals surface area contributed by atoms with Crippen molar-refractivity contribution < 1.29 is 17.9 Å². The molecule has 0 aliphatic heterocycles. The van der Waals surface area contributed by atoms with Crippen molar-refractivity contribution in [1.82, 2.24) is 9.78 Å². The number of ether oxygens (including phenoxy) is 1. The first kappa shape index (κ1) is 15.4. The number of halogens is 3. The number of rotatable bonds is 5. The average molecular weight is 299 g/mol. The second-order valence-corrected chi connectivity index (χ2v) is 4.78. The number of aryl methyl sites for hydroxylation is 2. The normalized spacial score (nSPS) is 13.2. The second kappa shape index (κ2) is 6.17. The summed E-state index contributed by atoms with van der Waals surface area (Å²) in [7, 11) is 1.84. The van der Waals surface area contributed by atoms with Crippen LogP contribution in [-0.4, -0.2) is 16.1 Å². The fraction of sp³-hybridized carbons (Fsp3) is 0.357. The molecule has 0 spiro atoms. The zero-order valence-electron chi connectivity index (χ0n) is 11.5. The van der Waals surface area contributed by atoms with Crippen molar-refractivity contribution in [2.45, 2.75) is 25.2 Å². The standard InChI is InChI=1S/C14H16F3N3O/c1-20-9-10(8-19-20)2-7-13(18)11-3-5-12(6-4-11)21-14(15,16)17/h3-6,8-9,13H,2,7,18H2,1H3. The molecule has 2 N–H and O–H groups in total. The molecule has 1 aromatic heterocycles. The van der Waals surface area contributed by atoms with Gasteiger partial charge in [0.1, 0.15) is 5.75 Å². The maximum Gasteiger partial charge on any atom is 0.573 e. The number of alkyl halides is 3. The minimum absolute atomic E-state index is 0.245. The van der Waals surface area contributed by atoms with Gasteiger partial charge in [-0.15, -0.1) is 13.2 Å². The van der Waals surface area contributed by atoms with Crippen LogP contribution in [0, 0.1) is 0 Å². The Morgan fingerprint density at radius 3 is 2.48 bits per heavy atom. The molecule has 0 radical (unpaired) electrons. The number of aromatic nitrogens is 2. The zero-order valence-corrected chi connectivity index (χ0v) is 11.5. The number of hydrogen-bond donors (Lipinski definition) is 1. The lowest BCUT2D eigenvalue weighted by Gasteiger charge is -2.13. The van der Waals surface area contributed by atoms with E-state index in [1.807, 2.05) is 13.2 Å². The highest BCUT2D eigenvalue weighted by atomic mass is 19.4. The quantitative estimate of drug-likeness (QED) is 0.923. The molecule has 2 aromatic rings. The molecule has 0 fully saturated rings. The van der Waals surface area contributed by atoms with Crippen LogP contribution in [0.4, 0.5) is 13.2 Å². The van der Waals surface area contributed by atoms with E-state index in [1.54, 1.807) is 23.0 Å². The molecule has 0 aliphatic carbocycles. The van der Waals surface area contributed by atoms with Gasteiger partial charge in [0.15, 0.2) is 0 Å². The first-order valence-corrected chi connectivity index (χ1v) is 6.42. The Labute approximate surface area is 120 Å². The number of hydrogen-bond acceptors (Lipinski definition) is 3. The van der Waals surface area contributed by atoms with Crippen LogP contribution in [0.5, 0.6) is 5.75 Å². The molecule has 0 amide bonds. The highest BCUT2D eigenvalue weighted by Crippen LogP contribution is 2.25. The van der Waals surface area contributed by atoms with Gasteiger partial charge in [-0.1, -0.05) is 12.1 Å². The first-order valence-electron chi connectivity index (χ1n) is 6.42. The highest BCUT2D eigenvalue weighted by molar-refractivity contribution is 5.29. The van der Waals surface area contributed by atoms with Crippen LogP contribution in [0.15, 0.2) is 36.7 Å². The smallest absolute Gasteiger partial charge is 0.406 e. The lowest BCUT2D eigenvalue weighted by Crippen LogP contribution is -2.17. The predicted octanol–water partition coefficient (Wildman–Crippen LogP) is 2.95. The van der Waals surface area contributed by atoms with Gasteiger partial charge in [-0.3, -0.25) is 4.68 Å². The molecular formula is C14H16F3N3O. The third-order valence-electron chi connectivity index (χ3n) is 3.04. The van der Waals surface area contributed by atoms with Gasteiger partial charge in [0.2, 0.25) is 0 Å². The maximum atomic E-state index is 12.1. The summed E-state index contributed by atoms with van der Waals surface area (Å²) in [4.78, 5) is 0. The van der Waals surface area contributed by atoms with Gasteiger partial charge < -0.3 is 10.5 Å². The van der Waals surface area contributed by atoms with E-state index < -0.39 is 6.36 Å². The summed E-state index contributed by atoms with van der Waals surface area (Å²) in [5.41, 5.74) is 7.88. The summed E-state index contributed by atoms with van der Waals surface area (Å²) in [6.07, 6.45) is 0.449. The Morgan fingerprint density at radius 2 is 1.95 bits per heavy atom. The molecule has 4 nitrogen and oxygen atoms in total. The van der Waals surface area contributed by atoms with Crippen molar-refractivity contribution in [1.29, 1.82) is 0 Å². The summed E-state index contributed by atoms with van der Waals surface area (Å²) in [5, 5.41) is 4.07. The molecule has 0 aliphatic rings. The van der Waals surface area contributed by atoms with Gasteiger partial charge in [0.05, 0.1) is 6.20 Å².